The zero-order chi connectivity index (χ0) is 13.0. The van der Waals surface area contributed by atoms with Crippen LogP contribution in [-0.2, 0) is 6.54 Å². The highest BCUT2D eigenvalue weighted by atomic mass is 15.3. The van der Waals surface area contributed by atoms with E-state index in [-0.39, 0.29) is 0 Å². The van der Waals surface area contributed by atoms with Gasteiger partial charge in [-0.05, 0) is 38.2 Å². The smallest absolute Gasteiger partial charge is 0.113 e. The van der Waals surface area contributed by atoms with E-state index in [1.165, 1.54) is 5.56 Å². The van der Waals surface area contributed by atoms with Crippen molar-refractivity contribution in [2.75, 3.05) is 20.1 Å². The van der Waals surface area contributed by atoms with Gasteiger partial charge in [-0.25, -0.2) is 0 Å². The molecule has 2 rings (SSSR count). The van der Waals surface area contributed by atoms with Crippen molar-refractivity contribution in [1.82, 2.24) is 25.6 Å². The molecule has 0 radical (unpaired) electrons. The third-order valence-corrected chi connectivity index (χ3v) is 3.16. The van der Waals surface area contributed by atoms with Gasteiger partial charge in [0.15, 0.2) is 0 Å². The van der Waals surface area contributed by atoms with Gasteiger partial charge in [0.25, 0.3) is 0 Å². The highest BCUT2D eigenvalue weighted by Gasteiger charge is 2.05. The molecule has 1 aromatic heterocycles. The summed E-state index contributed by atoms with van der Waals surface area (Å²) in [6.45, 7) is 7.38. The summed E-state index contributed by atoms with van der Waals surface area (Å²) in [6, 6.07) is 6.64. The van der Waals surface area contributed by atoms with Crippen LogP contribution in [0.3, 0.4) is 0 Å². The third-order valence-electron chi connectivity index (χ3n) is 3.16. The number of hydrogen-bond acceptors (Lipinski definition) is 4. The minimum absolute atomic E-state index is 0.475. The summed E-state index contributed by atoms with van der Waals surface area (Å²) in [5.41, 5.74) is 3.08. The largest absolute Gasteiger partial charge is 0.309 e. The fourth-order valence-electron chi connectivity index (χ4n) is 1.95. The first-order valence-electron chi connectivity index (χ1n) is 6.40. The minimum atomic E-state index is 0.475. The highest BCUT2D eigenvalue weighted by Crippen LogP contribution is 2.10. The minimum Gasteiger partial charge on any atom is -0.309 e. The molecule has 2 aromatic rings. The van der Waals surface area contributed by atoms with Gasteiger partial charge >= 0.3 is 0 Å². The molecule has 5 heteroatoms. The first-order valence-corrected chi connectivity index (χ1v) is 6.40. The summed E-state index contributed by atoms with van der Waals surface area (Å²) in [7, 11) is 2.14. The molecule has 0 fully saturated rings. The highest BCUT2D eigenvalue weighted by molar-refractivity contribution is 5.74. The number of benzene rings is 1. The van der Waals surface area contributed by atoms with Crippen molar-refractivity contribution < 1.29 is 0 Å². The summed E-state index contributed by atoms with van der Waals surface area (Å²) in [5.74, 6) is 0. The Hall–Kier alpha value is -1.46. The Labute approximate surface area is 108 Å². The maximum atomic E-state index is 4.10. The Bertz CT molecular complexity index is 493. The number of nitrogens with zero attached hydrogens (tertiary/aromatic N) is 3. The van der Waals surface area contributed by atoms with E-state index in [4.69, 9.17) is 0 Å². The van der Waals surface area contributed by atoms with Crippen molar-refractivity contribution >= 4 is 11.0 Å². The lowest BCUT2D eigenvalue weighted by atomic mass is 10.2. The molecule has 5 nitrogen and oxygen atoms in total. The van der Waals surface area contributed by atoms with Gasteiger partial charge < -0.3 is 10.2 Å². The average Bonchev–Trinajstić information content (AvgIpc) is 2.83. The van der Waals surface area contributed by atoms with Crippen molar-refractivity contribution in [2.45, 2.75) is 26.4 Å². The second kappa shape index (κ2) is 5.93. The Morgan fingerprint density at radius 2 is 2.11 bits per heavy atom. The van der Waals surface area contributed by atoms with Gasteiger partial charge in [0, 0.05) is 19.1 Å². The number of nitrogens with one attached hydrogen (secondary N) is 2. The molecule has 0 amide bonds. The quantitative estimate of drug-likeness (QED) is 0.810. The van der Waals surface area contributed by atoms with Gasteiger partial charge in [-0.2, -0.15) is 15.4 Å². The molecular weight excluding hydrogens is 226 g/mol. The monoisotopic (exact) mass is 247 g/mol. The molecule has 0 spiro atoms. The molecule has 2 N–H and O–H groups in total. The van der Waals surface area contributed by atoms with Crippen molar-refractivity contribution in [1.29, 1.82) is 0 Å². The summed E-state index contributed by atoms with van der Waals surface area (Å²) in [4.78, 5) is 2.30. The van der Waals surface area contributed by atoms with E-state index >= 15 is 0 Å². The summed E-state index contributed by atoms with van der Waals surface area (Å²) in [6.07, 6.45) is 0. The molecule has 1 heterocycles. The average molecular weight is 247 g/mol. The number of likely N-dealkylation sites (N-methyl/N-ethyl adjacent to an activating group) is 1. The number of aromatic nitrogens is 3. The first-order chi connectivity index (χ1) is 8.69. The lowest BCUT2D eigenvalue weighted by Gasteiger charge is -2.20. The van der Waals surface area contributed by atoms with Crippen LogP contribution >= 0.6 is 0 Å². The number of H-pyrrole nitrogens is 1. The summed E-state index contributed by atoms with van der Waals surface area (Å²) < 4.78 is 0. The fraction of sp³-hybridized carbons (Fsp3) is 0.538. The Morgan fingerprint density at radius 1 is 1.33 bits per heavy atom. The zero-order valence-corrected chi connectivity index (χ0v) is 11.3. The van der Waals surface area contributed by atoms with E-state index < -0.39 is 0 Å². The molecule has 0 aliphatic carbocycles. The first kappa shape index (κ1) is 13.0. The number of rotatable bonds is 6. The molecular formula is C13H21N5. The Morgan fingerprint density at radius 3 is 2.89 bits per heavy atom. The van der Waals surface area contributed by atoms with Crippen LogP contribution in [0.15, 0.2) is 18.2 Å². The SMILES string of the molecule is CCN(C)CC(C)NCc1ccc2n[nH]nc2c1. The molecule has 0 aliphatic rings. The van der Waals surface area contributed by atoms with Gasteiger partial charge in [0.1, 0.15) is 11.0 Å². The molecule has 1 unspecified atom stereocenters. The normalized spacial score (nSPS) is 13.3. The van der Waals surface area contributed by atoms with Crippen molar-refractivity contribution in [3.05, 3.63) is 23.8 Å². The van der Waals surface area contributed by atoms with Gasteiger partial charge in [0.05, 0.1) is 0 Å². The van der Waals surface area contributed by atoms with Crippen LogP contribution in [0.5, 0.6) is 0 Å². The second-order valence-electron chi connectivity index (χ2n) is 4.78. The molecule has 1 atom stereocenters. The second-order valence-corrected chi connectivity index (χ2v) is 4.78. The Kier molecular flexibility index (Phi) is 4.28. The van der Waals surface area contributed by atoms with Gasteiger partial charge in [-0.15, -0.1) is 0 Å². The number of aromatic amines is 1. The lowest BCUT2D eigenvalue weighted by Crippen LogP contribution is -2.36. The van der Waals surface area contributed by atoms with Crippen LogP contribution in [0.25, 0.3) is 11.0 Å². The van der Waals surface area contributed by atoms with Crippen LogP contribution in [0.4, 0.5) is 0 Å². The van der Waals surface area contributed by atoms with Gasteiger partial charge in [-0.3, -0.25) is 0 Å². The Balaban J connectivity index is 1.89. The topological polar surface area (TPSA) is 56.8 Å². The molecule has 1 aromatic carbocycles. The fourth-order valence-corrected chi connectivity index (χ4v) is 1.95. The predicted molar refractivity (Wildman–Crippen MR) is 73.4 cm³/mol. The molecule has 0 saturated carbocycles. The van der Waals surface area contributed by atoms with E-state index in [1.807, 2.05) is 6.07 Å². The van der Waals surface area contributed by atoms with Crippen molar-refractivity contribution in [2.24, 2.45) is 0 Å². The van der Waals surface area contributed by atoms with Crippen LogP contribution in [-0.4, -0.2) is 46.5 Å². The molecule has 0 aliphatic heterocycles. The zero-order valence-electron chi connectivity index (χ0n) is 11.3. The van der Waals surface area contributed by atoms with Crippen LogP contribution in [0.1, 0.15) is 19.4 Å². The van der Waals surface area contributed by atoms with E-state index in [2.05, 4.69) is 58.7 Å². The standard InChI is InChI=1S/C13H21N5/c1-4-18(3)9-10(2)14-8-11-5-6-12-13(7-11)16-17-15-12/h5-7,10,14H,4,8-9H2,1-3H3,(H,15,16,17). The summed E-state index contributed by atoms with van der Waals surface area (Å²) in [5, 5.41) is 14.3. The molecule has 0 bridgehead atoms. The number of hydrogen-bond donors (Lipinski definition) is 2. The van der Waals surface area contributed by atoms with Gasteiger partial charge in [0.2, 0.25) is 0 Å². The van der Waals surface area contributed by atoms with Crippen LogP contribution in [0.2, 0.25) is 0 Å². The van der Waals surface area contributed by atoms with Gasteiger partial charge in [-0.1, -0.05) is 13.0 Å². The molecule has 0 saturated heterocycles. The van der Waals surface area contributed by atoms with E-state index in [9.17, 15) is 0 Å². The van der Waals surface area contributed by atoms with Crippen LogP contribution in [0, 0.1) is 0 Å². The van der Waals surface area contributed by atoms with Crippen molar-refractivity contribution in [3.63, 3.8) is 0 Å². The maximum Gasteiger partial charge on any atom is 0.113 e. The third kappa shape index (κ3) is 3.27. The van der Waals surface area contributed by atoms with E-state index in [0.29, 0.717) is 6.04 Å². The van der Waals surface area contributed by atoms with Crippen LogP contribution < -0.4 is 5.32 Å². The number of fused-ring (bicyclic) bond motifs is 1. The predicted octanol–water partition coefficient (Wildman–Crippen LogP) is 1.39. The van der Waals surface area contributed by atoms with E-state index in [1.54, 1.807) is 0 Å². The maximum absolute atomic E-state index is 4.10. The summed E-state index contributed by atoms with van der Waals surface area (Å²) >= 11 is 0. The van der Waals surface area contributed by atoms with E-state index in [0.717, 1.165) is 30.7 Å². The molecule has 18 heavy (non-hydrogen) atoms. The molecule has 98 valence electrons. The lowest BCUT2D eigenvalue weighted by molar-refractivity contribution is 0.309. The van der Waals surface area contributed by atoms with Crippen molar-refractivity contribution in [3.8, 4) is 0 Å².